The molecular weight excluding hydrogens is 423 g/mol. The lowest BCUT2D eigenvalue weighted by Crippen LogP contribution is -2.50. The summed E-state index contributed by atoms with van der Waals surface area (Å²) in [6, 6.07) is 13.1. The minimum Gasteiger partial charge on any atom is -0.352 e. The zero-order valence-electron chi connectivity index (χ0n) is 16.4. The minimum atomic E-state index is -0.674. The van der Waals surface area contributed by atoms with Gasteiger partial charge in [-0.15, -0.1) is 0 Å². The molecule has 0 unspecified atom stereocenters. The zero-order chi connectivity index (χ0) is 20.7. The molecule has 1 N–H and O–H groups in total. The number of nitrogens with one attached hydrogen (secondary N) is 1. The van der Waals surface area contributed by atoms with Gasteiger partial charge in [-0.2, -0.15) is 0 Å². The Balaban J connectivity index is 2.25. The Morgan fingerprint density at radius 1 is 1.14 bits per heavy atom. The lowest BCUT2D eigenvalue weighted by atomic mass is 10.1. The van der Waals surface area contributed by atoms with Crippen LogP contribution in [0.25, 0.3) is 0 Å². The van der Waals surface area contributed by atoms with E-state index in [0.717, 1.165) is 16.5 Å². The molecule has 4 nitrogen and oxygen atoms in total. The molecule has 0 saturated carbocycles. The minimum absolute atomic E-state index is 0.0179. The van der Waals surface area contributed by atoms with Crippen LogP contribution in [0.15, 0.2) is 53.0 Å². The summed E-state index contributed by atoms with van der Waals surface area (Å²) in [6.07, 6.45) is 0.703. The van der Waals surface area contributed by atoms with Gasteiger partial charge in [-0.05, 0) is 49.6 Å². The van der Waals surface area contributed by atoms with Crippen molar-refractivity contribution in [3.63, 3.8) is 0 Å². The van der Waals surface area contributed by atoms with Crippen LogP contribution in [0.4, 0.5) is 4.39 Å². The van der Waals surface area contributed by atoms with Crippen LogP contribution in [0.2, 0.25) is 0 Å². The zero-order valence-corrected chi connectivity index (χ0v) is 18.0. The summed E-state index contributed by atoms with van der Waals surface area (Å²) >= 11 is 3.43. The molecule has 0 radical (unpaired) electrons. The third-order valence-corrected chi connectivity index (χ3v) is 5.20. The predicted molar refractivity (Wildman–Crippen MR) is 112 cm³/mol. The maximum atomic E-state index is 14.0. The van der Waals surface area contributed by atoms with Gasteiger partial charge in [-0.25, -0.2) is 4.39 Å². The molecule has 2 atom stereocenters. The molecule has 6 heteroatoms. The normalized spacial score (nSPS) is 12.9. The fourth-order valence-corrected chi connectivity index (χ4v) is 3.23. The highest BCUT2D eigenvalue weighted by Crippen LogP contribution is 2.17. The van der Waals surface area contributed by atoms with Crippen LogP contribution in [0.5, 0.6) is 0 Å². The van der Waals surface area contributed by atoms with Crippen molar-refractivity contribution in [3.05, 3.63) is 69.9 Å². The summed E-state index contributed by atoms with van der Waals surface area (Å²) in [5.74, 6) is -0.932. The van der Waals surface area contributed by atoms with Gasteiger partial charge in [0.2, 0.25) is 11.8 Å². The maximum Gasteiger partial charge on any atom is 0.242 e. The van der Waals surface area contributed by atoms with E-state index < -0.39 is 11.9 Å². The third kappa shape index (κ3) is 6.16. The first kappa shape index (κ1) is 22.1. The standard InChI is InChI=1S/C22H26BrFN2O2/c1-4-15(2)25-22(28)16(3)26(14-17-8-7-10-19(23)12-17)21(27)13-18-9-5-6-11-20(18)24/h5-12,15-16H,4,13-14H2,1-3H3,(H,25,28)/t15-,16-/m1/s1. The van der Waals surface area contributed by atoms with E-state index in [9.17, 15) is 14.0 Å². The summed E-state index contributed by atoms with van der Waals surface area (Å²) in [4.78, 5) is 27.2. The molecule has 150 valence electrons. The number of benzene rings is 2. The van der Waals surface area contributed by atoms with E-state index in [-0.39, 0.29) is 30.8 Å². The SMILES string of the molecule is CC[C@@H](C)NC(=O)[C@@H](C)N(Cc1cccc(Br)c1)C(=O)Cc1ccccc1F. The summed E-state index contributed by atoms with van der Waals surface area (Å²) in [5.41, 5.74) is 1.21. The topological polar surface area (TPSA) is 49.4 Å². The van der Waals surface area contributed by atoms with Crippen LogP contribution in [0.3, 0.4) is 0 Å². The number of halogens is 2. The van der Waals surface area contributed by atoms with Crippen LogP contribution in [-0.4, -0.2) is 28.8 Å². The Labute approximate surface area is 174 Å². The van der Waals surface area contributed by atoms with E-state index in [4.69, 9.17) is 0 Å². The summed E-state index contributed by atoms with van der Waals surface area (Å²) in [5, 5.41) is 2.92. The number of carbonyl (C=O) groups excluding carboxylic acids is 2. The van der Waals surface area contributed by atoms with E-state index in [1.54, 1.807) is 25.1 Å². The van der Waals surface area contributed by atoms with Crippen LogP contribution in [-0.2, 0) is 22.6 Å². The van der Waals surface area contributed by atoms with E-state index in [0.29, 0.717) is 5.56 Å². The van der Waals surface area contributed by atoms with Gasteiger partial charge in [-0.3, -0.25) is 9.59 Å². The molecule has 0 aromatic heterocycles. The fourth-order valence-electron chi connectivity index (χ4n) is 2.79. The van der Waals surface area contributed by atoms with Crippen molar-refractivity contribution in [1.29, 1.82) is 0 Å². The smallest absolute Gasteiger partial charge is 0.242 e. The molecule has 0 fully saturated rings. The number of nitrogens with zero attached hydrogens (tertiary/aromatic N) is 1. The van der Waals surface area contributed by atoms with E-state index in [1.807, 2.05) is 38.1 Å². The Bertz CT molecular complexity index is 828. The lowest BCUT2D eigenvalue weighted by molar-refractivity contribution is -0.140. The second-order valence-corrected chi connectivity index (χ2v) is 7.83. The molecular formula is C22H26BrFN2O2. The molecule has 2 aromatic carbocycles. The molecule has 0 saturated heterocycles. The van der Waals surface area contributed by atoms with Gasteiger partial charge in [0.15, 0.2) is 0 Å². The Morgan fingerprint density at radius 2 is 1.86 bits per heavy atom. The highest BCUT2D eigenvalue weighted by molar-refractivity contribution is 9.10. The van der Waals surface area contributed by atoms with Gasteiger partial charge in [0.05, 0.1) is 6.42 Å². The van der Waals surface area contributed by atoms with Crippen molar-refractivity contribution in [3.8, 4) is 0 Å². The Morgan fingerprint density at radius 3 is 2.50 bits per heavy atom. The fraction of sp³-hybridized carbons (Fsp3) is 0.364. The first-order chi connectivity index (χ1) is 13.3. The Hall–Kier alpha value is -2.21. The molecule has 28 heavy (non-hydrogen) atoms. The van der Waals surface area contributed by atoms with Gasteiger partial charge in [0, 0.05) is 17.1 Å². The van der Waals surface area contributed by atoms with Crippen molar-refractivity contribution >= 4 is 27.7 Å². The number of rotatable bonds is 8. The van der Waals surface area contributed by atoms with Crippen molar-refractivity contribution in [2.75, 3.05) is 0 Å². The second kappa shape index (κ2) is 10.4. The van der Waals surface area contributed by atoms with Crippen molar-refractivity contribution < 1.29 is 14.0 Å². The van der Waals surface area contributed by atoms with E-state index in [1.165, 1.54) is 11.0 Å². The van der Waals surface area contributed by atoms with Gasteiger partial charge < -0.3 is 10.2 Å². The largest absolute Gasteiger partial charge is 0.352 e. The summed E-state index contributed by atoms with van der Waals surface area (Å²) < 4.78 is 14.9. The third-order valence-electron chi connectivity index (χ3n) is 4.71. The highest BCUT2D eigenvalue weighted by atomic mass is 79.9. The molecule has 2 amide bonds. The predicted octanol–water partition coefficient (Wildman–Crippen LogP) is 4.46. The molecule has 2 aromatic rings. The summed E-state index contributed by atoms with van der Waals surface area (Å²) in [7, 11) is 0. The van der Waals surface area contributed by atoms with Gasteiger partial charge in [0.1, 0.15) is 11.9 Å². The highest BCUT2D eigenvalue weighted by Gasteiger charge is 2.27. The quantitative estimate of drug-likeness (QED) is 0.647. The van der Waals surface area contributed by atoms with Crippen LogP contribution in [0.1, 0.15) is 38.3 Å². The molecule has 2 rings (SSSR count). The lowest BCUT2D eigenvalue weighted by Gasteiger charge is -2.30. The monoisotopic (exact) mass is 448 g/mol. The summed E-state index contributed by atoms with van der Waals surface area (Å²) in [6.45, 7) is 5.87. The molecule has 0 aliphatic rings. The Kier molecular flexibility index (Phi) is 8.18. The first-order valence-electron chi connectivity index (χ1n) is 9.39. The average Bonchev–Trinajstić information content (AvgIpc) is 2.67. The van der Waals surface area contributed by atoms with Crippen LogP contribution < -0.4 is 5.32 Å². The van der Waals surface area contributed by atoms with E-state index in [2.05, 4.69) is 21.2 Å². The number of carbonyl (C=O) groups is 2. The molecule has 0 aliphatic carbocycles. The average molecular weight is 449 g/mol. The maximum absolute atomic E-state index is 14.0. The van der Waals surface area contributed by atoms with Crippen molar-refractivity contribution in [2.45, 2.75) is 52.2 Å². The van der Waals surface area contributed by atoms with Gasteiger partial charge >= 0.3 is 0 Å². The molecule has 0 heterocycles. The molecule has 0 bridgehead atoms. The number of hydrogen-bond donors (Lipinski definition) is 1. The van der Waals surface area contributed by atoms with Gasteiger partial charge in [0.25, 0.3) is 0 Å². The van der Waals surface area contributed by atoms with Gasteiger partial charge in [-0.1, -0.05) is 53.2 Å². The molecule has 0 spiro atoms. The van der Waals surface area contributed by atoms with Crippen LogP contribution in [0, 0.1) is 5.82 Å². The number of amides is 2. The second-order valence-electron chi connectivity index (χ2n) is 6.91. The molecule has 0 aliphatic heterocycles. The van der Waals surface area contributed by atoms with Crippen LogP contribution >= 0.6 is 15.9 Å². The number of hydrogen-bond acceptors (Lipinski definition) is 2. The van der Waals surface area contributed by atoms with E-state index >= 15 is 0 Å². The van der Waals surface area contributed by atoms with Crippen molar-refractivity contribution in [2.24, 2.45) is 0 Å². The van der Waals surface area contributed by atoms with Crippen molar-refractivity contribution in [1.82, 2.24) is 10.2 Å². The first-order valence-corrected chi connectivity index (χ1v) is 10.2.